The normalized spacial score (nSPS) is 14.6. The minimum atomic E-state index is -0.582. The van der Waals surface area contributed by atoms with Gasteiger partial charge in [-0.1, -0.05) is 35.5 Å². The lowest BCUT2D eigenvalue weighted by Gasteiger charge is -2.24. The first-order valence-corrected chi connectivity index (χ1v) is 13.3. The molecule has 2 aliphatic heterocycles. The van der Waals surface area contributed by atoms with E-state index in [2.05, 4.69) is 10.5 Å². The molecule has 2 amide bonds. The van der Waals surface area contributed by atoms with E-state index in [4.69, 9.17) is 18.9 Å². The first-order valence-electron chi connectivity index (χ1n) is 13.3. The summed E-state index contributed by atoms with van der Waals surface area (Å²) >= 11 is 0. The molecule has 0 aromatic heterocycles. The Morgan fingerprint density at radius 3 is 2.70 bits per heavy atom. The number of halogens is 1. The molecule has 4 aromatic carbocycles. The fraction of sp³-hybridized carbons (Fsp3) is 0.156. The van der Waals surface area contributed by atoms with Gasteiger partial charge >= 0.3 is 0 Å². The van der Waals surface area contributed by atoms with Crippen LogP contribution in [0.2, 0.25) is 0 Å². The van der Waals surface area contributed by atoms with Crippen LogP contribution in [0.15, 0.2) is 84.0 Å². The number of methoxy groups -OCH3 is 1. The molecule has 10 nitrogen and oxygen atoms in total. The van der Waals surface area contributed by atoms with Crippen molar-refractivity contribution in [3.05, 3.63) is 112 Å². The smallest absolute Gasteiger partial charge is 0.281 e. The third-order valence-corrected chi connectivity index (χ3v) is 7.09. The van der Waals surface area contributed by atoms with Crippen LogP contribution in [0.3, 0.4) is 0 Å². The van der Waals surface area contributed by atoms with Crippen LogP contribution in [0.4, 0.5) is 15.8 Å². The average molecular weight is 584 g/mol. The SMILES string of the molecule is COc1ccc(C(=O)Nc2ccc3c(c2)N(Cc2cc(F)cc4c2OCOC4)C(=O)/C3=N/O)cc1OCc1ccccc1. The molecule has 0 fully saturated rings. The summed E-state index contributed by atoms with van der Waals surface area (Å²) in [6, 6.07) is 21.8. The average Bonchev–Trinajstić information content (AvgIpc) is 3.29. The molecule has 0 saturated carbocycles. The van der Waals surface area contributed by atoms with Crippen LogP contribution >= 0.6 is 0 Å². The van der Waals surface area contributed by atoms with Crippen LogP contribution in [0.1, 0.15) is 32.6 Å². The van der Waals surface area contributed by atoms with Crippen molar-refractivity contribution < 1.29 is 38.1 Å². The number of oxime groups is 1. The highest BCUT2D eigenvalue weighted by Crippen LogP contribution is 2.37. The maximum absolute atomic E-state index is 14.4. The lowest BCUT2D eigenvalue weighted by atomic mass is 10.1. The molecule has 2 heterocycles. The third kappa shape index (κ3) is 5.57. The molecule has 0 unspecified atom stereocenters. The van der Waals surface area contributed by atoms with E-state index in [9.17, 15) is 19.2 Å². The van der Waals surface area contributed by atoms with E-state index in [0.29, 0.717) is 50.9 Å². The number of rotatable bonds is 8. The van der Waals surface area contributed by atoms with E-state index in [1.54, 1.807) is 36.4 Å². The summed E-state index contributed by atoms with van der Waals surface area (Å²) in [4.78, 5) is 27.8. The Balaban J connectivity index is 1.25. The minimum Gasteiger partial charge on any atom is -0.493 e. The molecule has 0 atom stereocenters. The van der Waals surface area contributed by atoms with Crippen molar-refractivity contribution in [1.82, 2.24) is 0 Å². The minimum absolute atomic E-state index is 0.0000633. The Bertz CT molecular complexity index is 1740. The molecule has 0 aliphatic carbocycles. The Morgan fingerprint density at radius 2 is 1.91 bits per heavy atom. The highest BCUT2D eigenvalue weighted by Gasteiger charge is 2.36. The number of anilines is 2. The molecule has 4 aromatic rings. The maximum atomic E-state index is 14.4. The van der Waals surface area contributed by atoms with Crippen LogP contribution in [0.5, 0.6) is 17.2 Å². The second-order valence-electron chi connectivity index (χ2n) is 9.83. The summed E-state index contributed by atoms with van der Waals surface area (Å²) in [5, 5.41) is 15.6. The molecule has 0 spiro atoms. The van der Waals surface area contributed by atoms with Gasteiger partial charge in [0, 0.05) is 27.9 Å². The summed E-state index contributed by atoms with van der Waals surface area (Å²) in [6.45, 7) is 0.399. The first-order chi connectivity index (χ1) is 20.9. The Morgan fingerprint density at radius 1 is 1.07 bits per heavy atom. The predicted octanol–water partition coefficient (Wildman–Crippen LogP) is 5.26. The number of carbonyl (C=O) groups is 2. The van der Waals surface area contributed by atoms with Crippen LogP contribution < -0.4 is 24.4 Å². The zero-order valence-corrected chi connectivity index (χ0v) is 23.0. The molecule has 218 valence electrons. The number of benzene rings is 4. The summed E-state index contributed by atoms with van der Waals surface area (Å²) in [5.41, 5.74) is 3.18. The highest BCUT2D eigenvalue weighted by molar-refractivity contribution is 6.54. The van der Waals surface area contributed by atoms with Crippen molar-refractivity contribution in [3.8, 4) is 17.2 Å². The Hall–Kier alpha value is -5.42. The zero-order chi connectivity index (χ0) is 29.9. The van der Waals surface area contributed by atoms with E-state index in [1.165, 1.54) is 24.1 Å². The quantitative estimate of drug-likeness (QED) is 0.215. The van der Waals surface area contributed by atoms with E-state index < -0.39 is 17.6 Å². The van der Waals surface area contributed by atoms with E-state index in [0.717, 1.165) is 5.56 Å². The second-order valence-corrected chi connectivity index (χ2v) is 9.83. The van der Waals surface area contributed by atoms with Gasteiger partial charge in [0.2, 0.25) is 0 Å². The molecule has 6 rings (SSSR count). The monoisotopic (exact) mass is 583 g/mol. The molecule has 0 radical (unpaired) electrons. The van der Waals surface area contributed by atoms with E-state index in [1.807, 2.05) is 30.3 Å². The number of hydrogen-bond donors (Lipinski definition) is 2. The molecule has 11 heteroatoms. The van der Waals surface area contributed by atoms with Crippen LogP contribution in [0.25, 0.3) is 0 Å². The van der Waals surface area contributed by atoms with Gasteiger partial charge in [-0.2, -0.15) is 0 Å². The van der Waals surface area contributed by atoms with E-state index >= 15 is 0 Å². The highest BCUT2D eigenvalue weighted by atomic mass is 19.1. The summed E-state index contributed by atoms with van der Waals surface area (Å²) in [6.07, 6.45) is 0. The molecular weight excluding hydrogens is 557 g/mol. The molecular formula is C32H26FN3O7. The fourth-order valence-corrected chi connectivity index (χ4v) is 5.05. The molecule has 2 N–H and O–H groups in total. The first kappa shape index (κ1) is 27.7. The molecule has 43 heavy (non-hydrogen) atoms. The summed E-state index contributed by atoms with van der Waals surface area (Å²) < 4.78 is 36.6. The standard InChI is InChI=1S/C32H26FN3O7/c1-40-27-10-7-20(13-28(27)42-16-19-5-3-2-4-6-19)31(37)34-24-8-9-25-26(14-24)36(32(38)29(25)35-39)15-21-11-23(33)12-22-17-41-18-43-30(21)22/h2-14,39H,15-18H2,1H3,(H,34,37)/b35-29+. The Kier molecular flexibility index (Phi) is 7.63. The van der Waals surface area contributed by atoms with Crippen molar-refractivity contribution >= 4 is 28.9 Å². The lowest BCUT2D eigenvalue weighted by Crippen LogP contribution is -2.30. The van der Waals surface area contributed by atoms with Crippen LogP contribution in [0, 0.1) is 5.82 Å². The fourth-order valence-electron chi connectivity index (χ4n) is 5.05. The van der Waals surface area contributed by atoms with Gasteiger partial charge < -0.3 is 34.4 Å². The Labute approximate surface area is 245 Å². The number of carbonyl (C=O) groups excluding carboxylic acids is 2. The summed E-state index contributed by atoms with van der Waals surface area (Å²) in [5.74, 6) is -0.193. The van der Waals surface area contributed by atoms with Gasteiger partial charge in [0.05, 0.1) is 25.9 Å². The number of hydrogen-bond acceptors (Lipinski definition) is 8. The predicted molar refractivity (Wildman–Crippen MR) is 154 cm³/mol. The van der Waals surface area contributed by atoms with Crippen molar-refractivity contribution in [1.29, 1.82) is 0 Å². The number of fused-ring (bicyclic) bond motifs is 2. The number of ether oxygens (including phenoxy) is 4. The molecule has 2 aliphatic rings. The van der Waals surface area contributed by atoms with E-state index in [-0.39, 0.29) is 32.3 Å². The molecule has 0 bridgehead atoms. The van der Waals surface area contributed by atoms with Crippen molar-refractivity contribution in [2.24, 2.45) is 5.16 Å². The van der Waals surface area contributed by atoms with Gasteiger partial charge in [-0.15, -0.1) is 0 Å². The largest absolute Gasteiger partial charge is 0.493 e. The number of nitrogens with one attached hydrogen (secondary N) is 1. The van der Waals surface area contributed by atoms with Gasteiger partial charge in [0.15, 0.2) is 24.0 Å². The third-order valence-electron chi connectivity index (χ3n) is 7.09. The second kappa shape index (κ2) is 11.8. The van der Waals surface area contributed by atoms with Gasteiger partial charge in [-0.05, 0) is 54.1 Å². The van der Waals surface area contributed by atoms with Crippen molar-refractivity contribution in [2.45, 2.75) is 19.8 Å². The van der Waals surface area contributed by atoms with Crippen LogP contribution in [-0.4, -0.2) is 36.6 Å². The summed E-state index contributed by atoms with van der Waals surface area (Å²) in [7, 11) is 1.52. The number of amides is 2. The number of nitrogens with zero attached hydrogens (tertiary/aromatic N) is 2. The molecule has 0 saturated heterocycles. The van der Waals surface area contributed by atoms with Crippen molar-refractivity contribution in [3.63, 3.8) is 0 Å². The van der Waals surface area contributed by atoms with Crippen LogP contribution in [-0.2, 0) is 29.3 Å². The van der Waals surface area contributed by atoms with Gasteiger partial charge in [-0.3, -0.25) is 9.59 Å². The van der Waals surface area contributed by atoms with Gasteiger partial charge in [0.1, 0.15) is 18.2 Å². The van der Waals surface area contributed by atoms with Gasteiger partial charge in [0.25, 0.3) is 11.8 Å². The van der Waals surface area contributed by atoms with Gasteiger partial charge in [-0.25, -0.2) is 4.39 Å². The maximum Gasteiger partial charge on any atom is 0.281 e. The lowest BCUT2D eigenvalue weighted by molar-refractivity contribution is -0.112. The topological polar surface area (TPSA) is 119 Å². The van der Waals surface area contributed by atoms with Crippen molar-refractivity contribution in [2.75, 3.05) is 24.1 Å². The zero-order valence-electron chi connectivity index (χ0n) is 23.0.